The predicted octanol–water partition coefficient (Wildman–Crippen LogP) is 1.02. The molecule has 0 saturated carbocycles. The predicted molar refractivity (Wildman–Crippen MR) is 72.4 cm³/mol. The Bertz CT molecular complexity index is 708. The molecule has 0 aromatic carbocycles. The summed E-state index contributed by atoms with van der Waals surface area (Å²) >= 11 is 0. The Labute approximate surface area is 120 Å². The molecule has 1 fully saturated rings. The van der Waals surface area contributed by atoms with E-state index in [1.54, 1.807) is 10.8 Å². The molecule has 2 aromatic heterocycles. The Hall–Kier alpha value is -2.21. The van der Waals surface area contributed by atoms with Crippen LogP contribution in [0.1, 0.15) is 25.1 Å². The highest BCUT2D eigenvalue weighted by molar-refractivity contribution is 5.92. The van der Waals surface area contributed by atoms with E-state index in [0.717, 1.165) is 6.42 Å². The second kappa shape index (κ2) is 5.29. The van der Waals surface area contributed by atoms with Crippen LogP contribution in [-0.2, 0) is 4.74 Å². The Morgan fingerprint density at radius 1 is 1.57 bits per heavy atom. The van der Waals surface area contributed by atoms with Crippen molar-refractivity contribution >= 4 is 16.9 Å². The van der Waals surface area contributed by atoms with E-state index in [2.05, 4.69) is 16.0 Å². The SMILES string of the molecule is C[C@H]1C[C@@H](CO)O[C@H]1n1cc(C#N)c2c(NO)ncnc21. The number of aliphatic hydroxyl groups excluding tert-OH is 1. The highest BCUT2D eigenvalue weighted by Crippen LogP contribution is 2.37. The van der Waals surface area contributed by atoms with Gasteiger partial charge in [-0.05, 0) is 6.42 Å². The molecule has 0 bridgehead atoms. The van der Waals surface area contributed by atoms with E-state index in [9.17, 15) is 10.4 Å². The van der Waals surface area contributed by atoms with Gasteiger partial charge in [-0.3, -0.25) is 10.7 Å². The highest BCUT2D eigenvalue weighted by atomic mass is 16.5. The standard InChI is InChI=1S/C13H15N5O3/c1-7-2-9(5-19)21-13(7)18-4-8(3-14)10-11(17-20)15-6-16-12(10)18/h4,6-7,9,13,19-20H,2,5H2,1H3,(H,15,16,17)/t7-,9-,13+/m0/s1. The summed E-state index contributed by atoms with van der Waals surface area (Å²) in [5, 5.41) is 28.1. The highest BCUT2D eigenvalue weighted by Gasteiger charge is 2.34. The minimum Gasteiger partial charge on any atom is -0.394 e. The number of aliphatic hydroxyl groups is 1. The molecule has 3 atom stereocenters. The van der Waals surface area contributed by atoms with Crippen molar-refractivity contribution in [3.8, 4) is 6.07 Å². The maximum Gasteiger partial charge on any atom is 0.163 e. The van der Waals surface area contributed by atoms with Crippen molar-refractivity contribution in [2.75, 3.05) is 12.1 Å². The van der Waals surface area contributed by atoms with Crippen molar-refractivity contribution in [2.24, 2.45) is 5.92 Å². The molecule has 1 saturated heterocycles. The fourth-order valence-electron chi connectivity index (χ4n) is 2.82. The molecule has 0 amide bonds. The number of nitrogens with one attached hydrogen (secondary N) is 1. The number of aromatic nitrogens is 3. The molecule has 8 nitrogen and oxygen atoms in total. The molecule has 3 N–H and O–H groups in total. The number of nitriles is 1. The van der Waals surface area contributed by atoms with Crippen LogP contribution in [-0.4, -0.2) is 37.6 Å². The lowest BCUT2D eigenvalue weighted by Gasteiger charge is -2.18. The van der Waals surface area contributed by atoms with E-state index in [1.165, 1.54) is 6.33 Å². The summed E-state index contributed by atoms with van der Waals surface area (Å²) in [7, 11) is 0. The first-order chi connectivity index (χ1) is 10.2. The zero-order valence-corrected chi connectivity index (χ0v) is 11.4. The largest absolute Gasteiger partial charge is 0.394 e. The van der Waals surface area contributed by atoms with Crippen molar-refractivity contribution in [1.82, 2.24) is 14.5 Å². The number of rotatable bonds is 3. The van der Waals surface area contributed by atoms with Crippen LogP contribution >= 0.6 is 0 Å². The third-order valence-electron chi connectivity index (χ3n) is 3.77. The second-order valence-corrected chi connectivity index (χ2v) is 5.14. The van der Waals surface area contributed by atoms with E-state index in [4.69, 9.17) is 9.94 Å². The van der Waals surface area contributed by atoms with E-state index in [1.807, 2.05) is 12.4 Å². The number of hydrogen-bond donors (Lipinski definition) is 3. The molecule has 0 spiro atoms. The van der Waals surface area contributed by atoms with Crippen LogP contribution in [0.15, 0.2) is 12.5 Å². The summed E-state index contributed by atoms with van der Waals surface area (Å²) in [6.07, 6.45) is 3.15. The molecule has 21 heavy (non-hydrogen) atoms. The molecule has 1 aliphatic rings. The lowest BCUT2D eigenvalue weighted by molar-refractivity contribution is -0.0291. The van der Waals surface area contributed by atoms with Crippen molar-refractivity contribution in [3.63, 3.8) is 0 Å². The second-order valence-electron chi connectivity index (χ2n) is 5.14. The third kappa shape index (κ3) is 2.12. The van der Waals surface area contributed by atoms with Gasteiger partial charge in [0.05, 0.1) is 23.7 Å². The lowest BCUT2D eigenvalue weighted by Crippen LogP contribution is -2.15. The van der Waals surface area contributed by atoms with Gasteiger partial charge in [-0.25, -0.2) is 9.97 Å². The zero-order chi connectivity index (χ0) is 15.0. The zero-order valence-electron chi connectivity index (χ0n) is 11.4. The minimum atomic E-state index is -0.312. The molecular formula is C13H15N5O3. The molecule has 8 heteroatoms. The average molecular weight is 289 g/mol. The van der Waals surface area contributed by atoms with Crippen molar-refractivity contribution in [3.05, 3.63) is 18.1 Å². The number of nitrogens with zero attached hydrogens (tertiary/aromatic N) is 4. The van der Waals surface area contributed by atoms with Gasteiger partial charge in [0.15, 0.2) is 5.82 Å². The van der Waals surface area contributed by atoms with E-state index in [-0.39, 0.29) is 30.7 Å². The van der Waals surface area contributed by atoms with Gasteiger partial charge in [-0.1, -0.05) is 6.92 Å². The van der Waals surface area contributed by atoms with Crippen LogP contribution in [0.5, 0.6) is 0 Å². The smallest absolute Gasteiger partial charge is 0.163 e. The topological polar surface area (TPSA) is 116 Å². The number of hydrogen-bond acceptors (Lipinski definition) is 7. The molecule has 0 aliphatic carbocycles. The number of anilines is 1. The van der Waals surface area contributed by atoms with Crippen LogP contribution in [0, 0.1) is 17.2 Å². The molecular weight excluding hydrogens is 274 g/mol. The fraction of sp³-hybridized carbons (Fsp3) is 0.462. The lowest BCUT2D eigenvalue weighted by atomic mass is 10.1. The van der Waals surface area contributed by atoms with Gasteiger partial charge in [0.1, 0.15) is 24.3 Å². The summed E-state index contributed by atoms with van der Waals surface area (Å²) in [6.45, 7) is 1.98. The van der Waals surface area contributed by atoms with Crippen LogP contribution in [0.2, 0.25) is 0 Å². The first kappa shape index (κ1) is 13.8. The Morgan fingerprint density at radius 3 is 3.00 bits per heavy atom. The maximum atomic E-state index is 9.27. The molecule has 0 radical (unpaired) electrons. The molecule has 1 aliphatic heterocycles. The van der Waals surface area contributed by atoms with Gasteiger partial charge < -0.3 is 14.4 Å². The Morgan fingerprint density at radius 2 is 2.38 bits per heavy atom. The summed E-state index contributed by atoms with van der Waals surface area (Å²) in [5.74, 6) is 0.351. The van der Waals surface area contributed by atoms with E-state index >= 15 is 0 Å². The van der Waals surface area contributed by atoms with Crippen LogP contribution in [0.3, 0.4) is 0 Å². The molecule has 3 rings (SSSR count). The summed E-state index contributed by atoms with van der Waals surface area (Å²) < 4.78 is 7.57. The summed E-state index contributed by atoms with van der Waals surface area (Å²) in [5.41, 5.74) is 2.84. The molecule has 3 heterocycles. The molecule has 2 aromatic rings. The molecule has 110 valence electrons. The average Bonchev–Trinajstić information content (AvgIpc) is 3.07. The van der Waals surface area contributed by atoms with Gasteiger partial charge in [-0.15, -0.1) is 0 Å². The van der Waals surface area contributed by atoms with Gasteiger partial charge in [0, 0.05) is 12.1 Å². The number of fused-ring (bicyclic) bond motifs is 1. The van der Waals surface area contributed by atoms with Crippen molar-refractivity contribution in [1.29, 1.82) is 5.26 Å². The first-order valence-electron chi connectivity index (χ1n) is 6.61. The van der Waals surface area contributed by atoms with Crippen molar-refractivity contribution in [2.45, 2.75) is 25.7 Å². The molecule has 0 unspecified atom stereocenters. The van der Waals surface area contributed by atoms with E-state index in [0.29, 0.717) is 16.6 Å². The Balaban J connectivity index is 2.14. The quantitative estimate of drug-likeness (QED) is 0.722. The van der Waals surface area contributed by atoms with Crippen molar-refractivity contribution < 1.29 is 15.1 Å². The monoisotopic (exact) mass is 289 g/mol. The van der Waals surface area contributed by atoms with Gasteiger partial charge in [-0.2, -0.15) is 5.26 Å². The number of ether oxygens (including phenoxy) is 1. The third-order valence-corrected chi connectivity index (χ3v) is 3.77. The van der Waals surface area contributed by atoms with Crippen LogP contribution in [0.25, 0.3) is 11.0 Å². The van der Waals surface area contributed by atoms with Crippen LogP contribution in [0.4, 0.5) is 5.82 Å². The summed E-state index contributed by atoms with van der Waals surface area (Å²) in [6, 6.07) is 2.07. The van der Waals surface area contributed by atoms with Gasteiger partial charge in [0.2, 0.25) is 0 Å². The first-order valence-corrected chi connectivity index (χ1v) is 6.61. The van der Waals surface area contributed by atoms with E-state index < -0.39 is 0 Å². The fourth-order valence-corrected chi connectivity index (χ4v) is 2.82. The van der Waals surface area contributed by atoms with Crippen LogP contribution < -0.4 is 5.48 Å². The normalized spacial score (nSPS) is 25.1. The summed E-state index contributed by atoms with van der Waals surface area (Å²) in [4.78, 5) is 8.10. The minimum absolute atomic E-state index is 0.0381. The Kier molecular flexibility index (Phi) is 3.47. The van der Waals surface area contributed by atoms with Gasteiger partial charge >= 0.3 is 0 Å². The maximum absolute atomic E-state index is 9.27. The van der Waals surface area contributed by atoms with Gasteiger partial charge in [0.25, 0.3) is 0 Å².